The number of halogens is 1. The summed E-state index contributed by atoms with van der Waals surface area (Å²) in [6.45, 7) is 3.01. The maximum absolute atomic E-state index is 12.3. The summed E-state index contributed by atoms with van der Waals surface area (Å²) in [6, 6.07) is 8.21. The number of anilines is 1. The number of benzene rings is 1. The van der Waals surface area contributed by atoms with Gasteiger partial charge in [0, 0.05) is 22.7 Å². The molecule has 1 N–H and O–H groups in total. The SMILES string of the molecule is COC(=O)C1(Nc2ccc(Br)cc2)CCN(C)C(C)C1. The lowest BCUT2D eigenvalue weighted by Gasteiger charge is -2.43. The van der Waals surface area contributed by atoms with E-state index < -0.39 is 5.54 Å². The van der Waals surface area contributed by atoms with Crippen molar-refractivity contribution in [2.24, 2.45) is 0 Å². The minimum absolute atomic E-state index is 0.180. The van der Waals surface area contributed by atoms with E-state index >= 15 is 0 Å². The van der Waals surface area contributed by atoms with E-state index in [-0.39, 0.29) is 5.97 Å². The molecule has 1 aromatic rings. The lowest BCUT2D eigenvalue weighted by molar-refractivity contribution is -0.148. The van der Waals surface area contributed by atoms with Gasteiger partial charge in [0.05, 0.1) is 7.11 Å². The Balaban J connectivity index is 2.24. The highest BCUT2D eigenvalue weighted by Crippen LogP contribution is 2.31. The minimum atomic E-state index is -0.630. The summed E-state index contributed by atoms with van der Waals surface area (Å²) in [7, 11) is 3.54. The average Bonchev–Trinajstić information content (AvgIpc) is 2.44. The summed E-state index contributed by atoms with van der Waals surface area (Å²) in [6.07, 6.45) is 1.49. The zero-order valence-corrected chi connectivity index (χ0v) is 13.7. The Bertz CT molecular complexity index is 477. The lowest BCUT2D eigenvalue weighted by atomic mass is 9.83. The molecule has 1 aliphatic heterocycles. The molecule has 0 saturated carbocycles. The third-order valence-corrected chi connectivity index (χ3v) is 4.62. The van der Waals surface area contributed by atoms with Gasteiger partial charge in [0.1, 0.15) is 5.54 Å². The summed E-state index contributed by atoms with van der Waals surface area (Å²) >= 11 is 3.42. The van der Waals surface area contributed by atoms with Crippen molar-refractivity contribution in [1.29, 1.82) is 0 Å². The maximum atomic E-state index is 12.3. The Morgan fingerprint density at radius 2 is 2.10 bits per heavy atom. The molecule has 2 unspecified atom stereocenters. The molecule has 1 aromatic carbocycles. The molecule has 2 rings (SSSR count). The van der Waals surface area contributed by atoms with Crippen molar-refractivity contribution < 1.29 is 9.53 Å². The standard InChI is InChI=1S/C15H21BrN2O2/c1-11-10-15(14(19)20-3,8-9-18(11)2)17-13-6-4-12(16)5-7-13/h4-7,11,17H,8-10H2,1-3H3. The van der Waals surface area contributed by atoms with Crippen molar-refractivity contribution in [2.75, 3.05) is 26.0 Å². The molecule has 0 spiro atoms. The van der Waals surface area contributed by atoms with E-state index in [2.05, 4.69) is 40.1 Å². The van der Waals surface area contributed by atoms with E-state index in [1.54, 1.807) is 0 Å². The topological polar surface area (TPSA) is 41.6 Å². The number of esters is 1. The van der Waals surface area contributed by atoms with Gasteiger partial charge in [-0.05, 0) is 51.1 Å². The van der Waals surface area contributed by atoms with Gasteiger partial charge in [0.15, 0.2) is 0 Å². The van der Waals surface area contributed by atoms with Gasteiger partial charge in [-0.1, -0.05) is 15.9 Å². The first-order valence-corrected chi connectivity index (χ1v) is 7.58. The van der Waals surface area contributed by atoms with Crippen LogP contribution in [0, 0.1) is 0 Å². The summed E-state index contributed by atoms with van der Waals surface area (Å²) in [4.78, 5) is 14.6. The van der Waals surface area contributed by atoms with Crippen LogP contribution in [0.1, 0.15) is 19.8 Å². The van der Waals surface area contributed by atoms with Crippen LogP contribution in [0.3, 0.4) is 0 Å². The number of piperidine rings is 1. The predicted octanol–water partition coefficient (Wildman–Crippen LogP) is 2.89. The number of ether oxygens (including phenoxy) is 1. The van der Waals surface area contributed by atoms with Gasteiger partial charge in [-0.2, -0.15) is 0 Å². The molecule has 1 aliphatic rings. The molecular formula is C15H21BrN2O2. The molecule has 1 heterocycles. The van der Waals surface area contributed by atoms with Gasteiger partial charge in [-0.3, -0.25) is 0 Å². The average molecular weight is 341 g/mol. The Morgan fingerprint density at radius 1 is 1.45 bits per heavy atom. The molecule has 0 radical (unpaired) electrons. The molecule has 2 atom stereocenters. The Labute approximate surface area is 128 Å². The first-order valence-electron chi connectivity index (χ1n) is 6.79. The largest absolute Gasteiger partial charge is 0.467 e. The van der Waals surface area contributed by atoms with Gasteiger partial charge in [0.2, 0.25) is 0 Å². The molecule has 1 fully saturated rings. The summed E-state index contributed by atoms with van der Waals surface area (Å²) in [5, 5.41) is 3.40. The van der Waals surface area contributed by atoms with E-state index in [9.17, 15) is 4.79 Å². The number of likely N-dealkylation sites (tertiary alicyclic amines) is 1. The van der Waals surface area contributed by atoms with Crippen molar-refractivity contribution in [3.63, 3.8) is 0 Å². The van der Waals surface area contributed by atoms with Gasteiger partial charge in [-0.15, -0.1) is 0 Å². The van der Waals surface area contributed by atoms with Crippen molar-refractivity contribution in [1.82, 2.24) is 4.90 Å². The third-order valence-electron chi connectivity index (χ3n) is 4.09. The molecule has 0 aromatic heterocycles. The zero-order valence-electron chi connectivity index (χ0n) is 12.1. The summed E-state index contributed by atoms with van der Waals surface area (Å²) < 4.78 is 6.06. The van der Waals surface area contributed by atoms with Crippen LogP contribution < -0.4 is 5.32 Å². The van der Waals surface area contributed by atoms with E-state index in [1.807, 2.05) is 24.3 Å². The number of nitrogens with zero attached hydrogens (tertiary/aromatic N) is 1. The molecule has 4 nitrogen and oxygen atoms in total. The zero-order chi connectivity index (χ0) is 14.8. The fourth-order valence-electron chi connectivity index (χ4n) is 2.70. The molecule has 5 heteroatoms. The van der Waals surface area contributed by atoms with Crippen LogP contribution in [0.15, 0.2) is 28.7 Å². The fraction of sp³-hybridized carbons (Fsp3) is 0.533. The number of hydrogen-bond acceptors (Lipinski definition) is 4. The van der Waals surface area contributed by atoms with Crippen LogP contribution in [-0.4, -0.2) is 43.2 Å². The number of carbonyl (C=O) groups excluding carboxylic acids is 1. The molecule has 20 heavy (non-hydrogen) atoms. The number of rotatable bonds is 3. The first-order chi connectivity index (χ1) is 9.47. The summed E-state index contributed by atoms with van der Waals surface area (Å²) in [5.74, 6) is -0.180. The van der Waals surface area contributed by atoms with E-state index in [0.717, 1.165) is 29.5 Å². The minimum Gasteiger partial charge on any atom is -0.467 e. The van der Waals surface area contributed by atoms with E-state index in [4.69, 9.17) is 4.74 Å². The van der Waals surface area contributed by atoms with E-state index in [1.165, 1.54) is 7.11 Å². The van der Waals surface area contributed by atoms with Crippen molar-refractivity contribution in [3.05, 3.63) is 28.7 Å². The van der Waals surface area contributed by atoms with Crippen LogP contribution in [0.4, 0.5) is 5.69 Å². The van der Waals surface area contributed by atoms with Crippen molar-refractivity contribution in [3.8, 4) is 0 Å². The van der Waals surface area contributed by atoms with Crippen LogP contribution in [-0.2, 0) is 9.53 Å². The quantitative estimate of drug-likeness (QED) is 0.859. The Hall–Kier alpha value is -1.07. The van der Waals surface area contributed by atoms with Crippen LogP contribution >= 0.6 is 15.9 Å². The predicted molar refractivity (Wildman–Crippen MR) is 83.8 cm³/mol. The Kier molecular flexibility index (Phi) is 4.70. The highest BCUT2D eigenvalue weighted by molar-refractivity contribution is 9.10. The second-order valence-corrected chi connectivity index (χ2v) is 6.41. The van der Waals surface area contributed by atoms with Gasteiger partial charge >= 0.3 is 5.97 Å². The molecule has 0 aliphatic carbocycles. The number of carbonyl (C=O) groups is 1. The highest BCUT2D eigenvalue weighted by atomic mass is 79.9. The monoisotopic (exact) mass is 340 g/mol. The number of methoxy groups -OCH3 is 1. The summed E-state index contributed by atoms with van der Waals surface area (Å²) in [5.41, 5.74) is 0.310. The fourth-order valence-corrected chi connectivity index (χ4v) is 2.97. The Morgan fingerprint density at radius 3 is 2.65 bits per heavy atom. The second kappa shape index (κ2) is 6.14. The first kappa shape index (κ1) is 15.3. The van der Waals surface area contributed by atoms with Gasteiger partial charge in [-0.25, -0.2) is 4.79 Å². The number of nitrogens with one attached hydrogen (secondary N) is 1. The highest BCUT2D eigenvalue weighted by Gasteiger charge is 2.44. The maximum Gasteiger partial charge on any atom is 0.331 e. The second-order valence-electron chi connectivity index (χ2n) is 5.49. The lowest BCUT2D eigenvalue weighted by Crippen LogP contribution is -2.57. The number of hydrogen-bond donors (Lipinski definition) is 1. The third kappa shape index (κ3) is 3.15. The molecule has 0 bridgehead atoms. The van der Waals surface area contributed by atoms with Crippen molar-refractivity contribution in [2.45, 2.75) is 31.3 Å². The molecular weight excluding hydrogens is 320 g/mol. The van der Waals surface area contributed by atoms with Crippen LogP contribution in [0.5, 0.6) is 0 Å². The van der Waals surface area contributed by atoms with Gasteiger partial charge < -0.3 is 15.0 Å². The van der Waals surface area contributed by atoms with Crippen LogP contribution in [0.25, 0.3) is 0 Å². The normalized spacial score (nSPS) is 27.1. The molecule has 110 valence electrons. The molecule has 0 amide bonds. The molecule has 1 saturated heterocycles. The van der Waals surface area contributed by atoms with Crippen LogP contribution in [0.2, 0.25) is 0 Å². The van der Waals surface area contributed by atoms with Gasteiger partial charge in [0.25, 0.3) is 0 Å². The smallest absolute Gasteiger partial charge is 0.331 e. The van der Waals surface area contributed by atoms with Crippen molar-refractivity contribution >= 4 is 27.6 Å². The van der Waals surface area contributed by atoms with E-state index in [0.29, 0.717) is 6.04 Å².